The van der Waals surface area contributed by atoms with Crippen molar-refractivity contribution in [2.75, 3.05) is 13.1 Å². The maximum atomic E-state index is 6.00. The van der Waals surface area contributed by atoms with Gasteiger partial charge in [-0.05, 0) is 38.3 Å². The number of rotatable bonds is 2. The summed E-state index contributed by atoms with van der Waals surface area (Å²) in [6.07, 6.45) is 4.62. The second kappa shape index (κ2) is 5.10. The van der Waals surface area contributed by atoms with Crippen LogP contribution in [0, 0.1) is 5.92 Å². The van der Waals surface area contributed by atoms with Crippen molar-refractivity contribution < 1.29 is 0 Å². The highest BCUT2D eigenvalue weighted by Crippen LogP contribution is 2.26. The third-order valence-electron chi connectivity index (χ3n) is 2.79. The van der Waals surface area contributed by atoms with Crippen molar-refractivity contribution in [1.82, 2.24) is 15.3 Å². The fourth-order valence-corrected chi connectivity index (χ4v) is 2.38. The summed E-state index contributed by atoms with van der Waals surface area (Å²) in [5.74, 6) is 0.646. The molecule has 0 amide bonds. The van der Waals surface area contributed by atoms with Gasteiger partial charge in [-0.25, -0.2) is 9.97 Å². The maximum absolute atomic E-state index is 6.00. The van der Waals surface area contributed by atoms with Crippen molar-refractivity contribution in [2.24, 2.45) is 5.92 Å². The molecule has 0 bridgehead atoms. The minimum atomic E-state index is 0.494. The fourth-order valence-electron chi connectivity index (χ4n) is 1.91. The topological polar surface area (TPSA) is 37.8 Å². The molecule has 1 saturated heterocycles. The monoisotopic (exact) mass is 245 g/mol. The normalized spacial score (nSPS) is 18.0. The number of halogens is 2. The minimum absolute atomic E-state index is 0.494. The van der Waals surface area contributed by atoms with Crippen LogP contribution in [0.3, 0.4) is 0 Å². The average molecular weight is 246 g/mol. The number of hydrogen-bond donors (Lipinski definition) is 1. The van der Waals surface area contributed by atoms with E-state index in [1.54, 1.807) is 0 Å². The van der Waals surface area contributed by atoms with Gasteiger partial charge in [-0.3, -0.25) is 0 Å². The van der Waals surface area contributed by atoms with E-state index in [1.165, 1.54) is 19.2 Å². The summed E-state index contributed by atoms with van der Waals surface area (Å²) in [5, 5.41) is 4.32. The van der Waals surface area contributed by atoms with Crippen LogP contribution in [0.25, 0.3) is 0 Å². The van der Waals surface area contributed by atoms with Crippen molar-refractivity contribution in [2.45, 2.75) is 19.3 Å². The van der Waals surface area contributed by atoms with E-state index < -0.39 is 0 Å². The summed E-state index contributed by atoms with van der Waals surface area (Å²) < 4.78 is 0. The maximum Gasteiger partial charge on any atom is 0.137 e. The van der Waals surface area contributed by atoms with Crippen LogP contribution >= 0.6 is 23.2 Å². The van der Waals surface area contributed by atoms with Crippen LogP contribution in [0.15, 0.2) is 6.33 Å². The van der Waals surface area contributed by atoms with Crippen LogP contribution < -0.4 is 5.32 Å². The molecule has 0 aliphatic carbocycles. The van der Waals surface area contributed by atoms with Crippen LogP contribution in [0.2, 0.25) is 10.3 Å². The van der Waals surface area contributed by atoms with E-state index in [9.17, 15) is 0 Å². The predicted molar refractivity (Wildman–Crippen MR) is 61.3 cm³/mol. The summed E-state index contributed by atoms with van der Waals surface area (Å²) >= 11 is 12.0. The standard InChI is InChI=1S/C10H13Cl2N3/c11-9-8(10(12)15-6-14-9)5-7-1-3-13-4-2-7/h6-7,13H,1-5H2. The van der Waals surface area contributed by atoms with Crippen molar-refractivity contribution in [1.29, 1.82) is 0 Å². The van der Waals surface area contributed by atoms with Gasteiger partial charge in [0.15, 0.2) is 0 Å². The van der Waals surface area contributed by atoms with Crippen LogP contribution in [-0.2, 0) is 6.42 Å². The van der Waals surface area contributed by atoms with Gasteiger partial charge >= 0.3 is 0 Å². The molecule has 1 aromatic heterocycles. The molecule has 0 atom stereocenters. The summed E-state index contributed by atoms with van der Waals surface area (Å²) in [6, 6.07) is 0. The van der Waals surface area contributed by atoms with Gasteiger partial charge in [0.2, 0.25) is 0 Å². The third-order valence-corrected chi connectivity index (χ3v) is 3.44. The highest BCUT2D eigenvalue weighted by Gasteiger charge is 2.17. The Morgan fingerprint density at radius 1 is 1.20 bits per heavy atom. The van der Waals surface area contributed by atoms with Crippen molar-refractivity contribution in [3.8, 4) is 0 Å². The minimum Gasteiger partial charge on any atom is -0.317 e. The zero-order chi connectivity index (χ0) is 10.7. The Balaban J connectivity index is 2.09. The predicted octanol–water partition coefficient (Wildman–Crippen LogP) is 2.33. The first kappa shape index (κ1) is 11.1. The van der Waals surface area contributed by atoms with Crippen LogP contribution in [0.5, 0.6) is 0 Å². The molecule has 1 aromatic rings. The summed E-state index contributed by atoms with van der Waals surface area (Å²) in [6.45, 7) is 2.15. The number of nitrogens with one attached hydrogen (secondary N) is 1. The molecular formula is C10H13Cl2N3. The molecule has 0 aromatic carbocycles. The molecule has 15 heavy (non-hydrogen) atoms. The Kier molecular flexibility index (Phi) is 3.78. The summed E-state index contributed by atoms with van der Waals surface area (Å²) in [5.41, 5.74) is 0.896. The molecule has 1 aliphatic heterocycles. The Morgan fingerprint density at radius 2 is 1.80 bits per heavy atom. The van der Waals surface area contributed by atoms with E-state index in [0.29, 0.717) is 16.2 Å². The van der Waals surface area contributed by atoms with Crippen molar-refractivity contribution >= 4 is 23.2 Å². The van der Waals surface area contributed by atoms with E-state index in [0.717, 1.165) is 25.1 Å². The molecule has 0 radical (unpaired) electrons. The van der Waals surface area contributed by atoms with E-state index >= 15 is 0 Å². The molecule has 0 saturated carbocycles. The fraction of sp³-hybridized carbons (Fsp3) is 0.600. The number of piperidine rings is 1. The highest BCUT2D eigenvalue weighted by atomic mass is 35.5. The first-order valence-electron chi connectivity index (χ1n) is 5.13. The molecule has 82 valence electrons. The number of aromatic nitrogens is 2. The first-order valence-corrected chi connectivity index (χ1v) is 5.88. The van der Waals surface area contributed by atoms with Crippen LogP contribution in [0.4, 0.5) is 0 Å². The molecular weight excluding hydrogens is 233 g/mol. The van der Waals surface area contributed by atoms with Gasteiger partial charge in [-0.15, -0.1) is 0 Å². The van der Waals surface area contributed by atoms with Gasteiger partial charge in [0.25, 0.3) is 0 Å². The Bertz CT molecular complexity index is 317. The second-order valence-corrected chi connectivity index (χ2v) is 4.55. The van der Waals surface area contributed by atoms with Gasteiger partial charge in [0.1, 0.15) is 16.6 Å². The lowest BCUT2D eigenvalue weighted by molar-refractivity contribution is 0.372. The zero-order valence-electron chi connectivity index (χ0n) is 8.34. The van der Waals surface area contributed by atoms with Crippen molar-refractivity contribution in [3.63, 3.8) is 0 Å². The average Bonchev–Trinajstić information content (AvgIpc) is 2.25. The van der Waals surface area contributed by atoms with E-state index in [1.807, 2.05) is 0 Å². The van der Waals surface area contributed by atoms with E-state index in [4.69, 9.17) is 23.2 Å². The van der Waals surface area contributed by atoms with Crippen LogP contribution in [0.1, 0.15) is 18.4 Å². The molecule has 5 heteroatoms. The van der Waals surface area contributed by atoms with E-state index in [2.05, 4.69) is 15.3 Å². The van der Waals surface area contributed by atoms with Gasteiger partial charge in [-0.1, -0.05) is 23.2 Å². The molecule has 1 N–H and O–H groups in total. The Morgan fingerprint density at radius 3 is 2.40 bits per heavy atom. The van der Waals surface area contributed by atoms with Crippen LogP contribution in [-0.4, -0.2) is 23.1 Å². The van der Waals surface area contributed by atoms with Gasteiger partial charge < -0.3 is 5.32 Å². The van der Waals surface area contributed by atoms with Crippen molar-refractivity contribution in [3.05, 3.63) is 22.2 Å². The second-order valence-electron chi connectivity index (χ2n) is 3.83. The first-order chi connectivity index (χ1) is 7.27. The molecule has 2 rings (SSSR count). The number of nitrogens with zero attached hydrogens (tertiary/aromatic N) is 2. The third kappa shape index (κ3) is 2.80. The lowest BCUT2D eigenvalue weighted by Gasteiger charge is -2.22. The molecule has 2 heterocycles. The SMILES string of the molecule is Clc1ncnc(Cl)c1CC1CCNCC1. The molecule has 1 fully saturated rings. The summed E-state index contributed by atoms with van der Waals surface area (Å²) in [4.78, 5) is 7.92. The largest absolute Gasteiger partial charge is 0.317 e. The Hall–Kier alpha value is -0.380. The lowest BCUT2D eigenvalue weighted by atomic mass is 9.92. The van der Waals surface area contributed by atoms with Gasteiger partial charge in [-0.2, -0.15) is 0 Å². The lowest BCUT2D eigenvalue weighted by Crippen LogP contribution is -2.28. The summed E-state index contributed by atoms with van der Waals surface area (Å²) in [7, 11) is 0. The molecule has 1 aliphatic rings. The highest BCUT2D eigenvalue weighted by molar-refractivity contribution is 6.34. The Labute approximate surface area is 99.2 Å². The number of hydrogen-bond acceptors (Lipinski definition) is 3. The molecule has 0 spiro atoms. The van der Waals surface area contributed by atoms with E-state index in [-0.39, 0.29) is 0 Å². The zero-order valence-corrected chi connectivity index (χ0v) is 9.85. The smallest absolute Gasteiger partial charge is 0.137 e. The van der Waals surface area contributed by atoms with Gasteiger partial charge in [0, 0.05) is 5.56 Å². The van der Waals surface area contributed by atoms with Gasteiger partial charge in [0.05, 0.1) is 0 Å². The quantitative estimate of drug-likeness (QED) is 0.814. The molecule has 3 nitrogen and oxygen atoms in total. The molecule has 0 unspecified atom stereocenters.